The third-order valence-corrected chi connectivity index (χ3v) is 4.26. The van der Waals surface area contributed by atoms with Crippen LogP contribution >= 0.6 is 12.4 Å². The molecule has 0 saturated carbocycles. The highest BCUT2D eigenvalue weighted by molar-refractivity contribution is 5.85. The monoisotopic (exact) mass is 288 g/mol. The van der Waals surface area contributed by atoms with Crippen LogP contribution in [0.1, 0.15) is 52.4 Å². The molecular formula is C15H29ClN2O. The van der Waals surface area contributed by atoms with Crippen LogP contribution in [0.5, 0.6) is 0 Å². The van der Waals surface area contributed by atoms with Gasteiger partial charge in [-0.25, -0.2) is 0 Å². The lowest BCUT2D eigenvalue weighted by Crippen LogP contribution is -2.42. The van der Waals surface area contributed by atoms with Gasteiger partial charge in [-0.15, -0.1) is 12.4 Å². The van der Waals surface area contributed by atoms with Gasteiger partial charge in [-0.2, -0.15) is 0 Å². The Kier molecular flexibility index (Phi) is 7.16. The molecule has 1 N–H and O–H groups in total. The van der Waals surface area contributed by atoms with Gasteiger partial charge in [-0.05, 0) is 50.5 Å². The van der Waals surface area contributed by atoms with Crippen molar-refractivity contribution in [2.45, 2.75) is 58.4 Å². The highest BCUT2D eigenvalue weighted by atomic mass is 35.5. The number of carbonyl (C=O) groups is 1. The molecule has 0 spiro atoms. The molecule has 3 nitrogen and oxygen atoms in total. The Morgan fingerprint density at radius 2 is 2.11 bits per heavy atom. The highest BCUT2D eigenvalue weighted by Crippen LogP contribution is 2.24. The molecule has 0 aromatic rings. The first-order chi connectivity index (χ1) is 8.65. The maximum absolute atomic E-state index is 12.3. The lowest BCUT2D eigenvalue weighted by atomic mass is 9.89. The van der Waals surface area contributed by atoms with Crippen LogP contribution in [-0.2, 0) is 4.79 Å². The molecule has 2 aliphatic heterocycles. The van der Waals surface area contributed by atoms with E-state index in [1.165, 1.54) is 32.1 Å². The summed E-state index contributed by atoms with van der Waals surface area (Å²) in [7, 11) is 0. The van der Waals surface area contributed by atoms with Crippen molar-refractivity contribution in [3.63, 3.8) is 0 Å². The number of nitrogens with one attached hydrogen (secondary N) is 1. The van der Waals surface area contributed by atoms with Crippen molar-refractivity contribution in [3.8, 4) is 0 Å². The van der Waals surface area contributed by atoms with Crippen molar-refractivity contribution in [1.29, 1.82) is 0 Å². The van der Waals surface area contributed by atoms with E-state index in [4.69, 9.17) is 0 Å². The Morgan fingerprint density at radius 3 is 2.74 bits per heavy atom. The maximum Gasteiger partial charge on any atom is 0.224 e. The number of carbonyl (C=O) groups excluding carboxylic acids is 1. The zero-order valence-electron chi connectivity index (χ0n) is 12.4. The molecule has 2 fully saturated rings. The van der Waals surface area contributed by atoms with Gasteiger partial charge < -0.3 is 10.2 Å². The van der Waals surface area contributed by atoms with Gasteiger partial charge >= 0.3 is 0 Å². The van der Waals surface area contributed by atoms with E-state index in [1.807, 2.05) is 0 Å². The fourth-order valence-corrected chi connectivity index (χ4v) is 3.42. The minimum atomic E-state index is 0. The average Bonchev–Trinajstić information content (AvgIpc) is 2.81. The van der Waals surface area contributed by atoms with E-state index >= 15 is 0 Å². The van der Waals surface area contributed by atoms with Crippen molar-refractivity contribution < 1.29 is 4.79 Å². The van der Waals surface area contributed by atoms with Crippen LogP contribution in [0.3, 0.4) is 0 Å². The van der Waals surface area contributed by atoms with Crippen molar-refractivity contribution in [2.24, 2.45) is 11.8 Å². The fourth-order valence-electron chi connectivity index (χ4n) is 3.42. The molecular weight excluding hydrogens is 260 g/mol. The number of amides is 1. The molecule has 0 aliphatic carbocycles. The predicted octanol–water partition coefficient (Wildman–Crippen LogP) is 2.84. The predicted molar refractivity (Wildman–Crippen MR) is 81.6 cm³/mol. The Hall–Kier alpha value is -0.280. The fraction of sp³-hybridized carbons (Fsp3) is 0.933. The molecule has 2 aliphatic rings. The lowest BCUT2D eigenvalue weighted by molar-refractivity contribution is -0.133. The first-order valence-corrected chi connectivity index (χ1v) is 7.66. The summed E-state index contributed by atoms with van der Waals surface area (Å²) in [5, 5.41) is 3.42. The Balaban J connectivity index is 0.00000180. The molecule has 0 aromatic heterocycles. The van der Waals surface area contributed by atoms with Crippen LogP contribution in [0.4, 0.5) is 0 Å². The second kappa shape index (κ2) is 8.11. The molecule has 2 heterocycles. The normalized spacial score (nSPS) is 27.4. The van der Waals surface area contributed by atoms with Gasteiger partial charge in [-0.1, -0.05) is 13.8 Å². The van der Waals surface area contributed by atoms with Crippen LogP contribution in [0.25, 0.3) is 0 Å². The lowest BCUT2D eigenvalue weighted by Gasteiger charge is -2.34. The van der Waals surface area contributed by atoms with Gasteiger partial charge in [0.1, 0.15) is 0 Å². The Morgan fingerprint density at radius 1 is 1.32 bits per heavy atom. The summed E-state index contributed by atoms with van der Waals surface area (Å²) in [5.74, 6) is 1.86. The zero-order valence-corrected chi connectivity index (χ0v) is 13.2. The molecule has 112 valence electrons. The molecule has 1 amide bonds. The Labute approximate surface area is 123 Å². The van der Waals surface area contributed by atoms with Crippen molar-refractivity contribution in [2.75, 3.05) is 19.6 Å². The minimum Gasteiger partial charge on any atom is -0.342 e. The summed E-state index contributed by atoms with van der Waals surface area (Å²) >= 11 is 0. The first-order valence-electron chi connectivity index (χ1n) is 7.66. The number of rotatable bonds is 4. The van der Waals surface area contributed by atoms with Crippen LogP contribution < -0.4 is 5.32 Å². The van der Waals surface area contributed by atoms with Crippen LogP contribution in [-0.4, -0.2) is 36.5 Å². The van der Waals surface area contributed by atoms with E-state index in [1.54, 1.807) is 0 Å². The maximum atomic E-state index is 12.3. The van der Waals surface area contributed by atoms with Crippen LogP contribution in [0.15, 0.2) is 0 Å². The highest BCUT2D eigenvalue weighted by Gasteiger charge is 2.26. The van der Waals surface area contributed by atoms with E-state index in [0.29, 0.717) is 18.4 Å². The molecule has 2 saturated heterocycles. The summed E-state index contributed by atoms with van der Waals surface area (Å²) < 4.78 is 0. The second-order valence-corrected chi connectivity index (χ2v) is 6.47. The standard InChI is InChI=1S/C15H28N2O.ClH/c1-12(2)9-13-5-4-8-17(11-13)15(18)10-14-6-3-7-16-14;/h12-14,16H,3-11H2,1-2H3;1H. The Bertz CT molecular complexity index is 277. The molecule has 2 unspecified atom stereocenters. The first kappa shape index (κ1) is 16.8. The molecule has 2 atom stereocenters. The van der Waals surface area contributed by atoms with Gasteiger partial charge in [0.2, 0.25) is 5.91 Å². The number of piperidine rings is 1. The van der Waals surface area contributed by atoms with Crippen molar-refractivity contribution in [3.05, 3.63) is 0 Å². The molecule has 0 bridgehead atoms. The molecule has 19 heavy (non-hydrogen) atoms. The van der Waals surface area contributed by atoms with Gasteiger partial charge in [-0.3, -0.25) is 4.79 Å². The van der Waals surface area contributed by atoms with Gasteiger partial charge in [0, 0.05) is 25.6 Å². The summed E-state index contributed by atoms with van der Waals surface area (Å²) in [5.41, 5.74) is 0. The van der Waals surface area contributed by atoms with E-state index in [9.17, 15) is 4.79 Å². The number of nitrogens with zero attached hydrogens (tertiary/aromatic N) is 1. The van der Waals surface area contributed by atoms with E-state index < -0.39 is 0 Å². The number of halogens is 1. The zero-order chi connectivity index (χ0) is 13.0. The molecule has 4 heteroatoms. The smallest absolute Gasteiger partial charge is 0.224 e. The molecule has 0 radical (unpaired) electrons. The van der Waals surface area contributed by atoms with Gasteiger partial charge in [0.05, 0.1) is 0 Å². The topological polar surface area (TPSA) is 32.3 Å². The quantitative estimate of drug-likeness (QED) is 0.863. The van der Waals surface area contributed by atoms with Crippen LogP contribution in [0, 0.1) is 11.8 Å². The summed E-state index contributed by atoms with van der Waals surface area (Å²) in [4.78, 5) is 14.4. The molecule has 0 aromatic carbocycles. The van der Waals surface area contributed by atoms with Gasteiger partial charge in [0.25, 0.3) is 0 Å². The summed E-state index contributed by atoms with van der Waals surface area (Å²) in [6.45, 7) is 7.64. The van der Waals surface area contributed by atoms with Gasteiger partial charge in [0.15, 0.2) is 0 Å². The number of hydrogen-bond acceptors (Lipinski definition) is 2. The number of likely N-dealkylation sites (tertiary alicyclic amines) is 1. The minimum absolute atomic E-state index is 0. The average molecular weight is 289 g/mol. The van der Waals surface area contributed by atoms with E-state index in [2.05, 4.69) is 24.1 Å². The largest absolute Gasteiger partial charge is 0.342 e. The third kappa shape index (κ3) is 5.31. The van der Waals surface area contributed by atoms with Crippen molar-refractivity contribution in [1.82, 2.24) is 10.2 Å². The second-order valence-electron chi connectivity index (χ2n) is 6.47. The summed E-state index contributed by atoms with van der Waals surface area (Å²) in [6.07, 6.45) is 6.90. The third-order valence-electron chi connectivity index (χ3n) is 4.26. The number of hydrogen-bond donors (Lipinski definition) is 1. The SMILES string of the molecule is CC(C)CC1CCCN(C(=O)CC2CCCN2)C1.Cl. The molecule has 2 rings (SSSR count). The van der Waals surface area contributed by atoms with E-state index in [0.717, 1.165) is 31.5 Å². The van der Waals surface area contributed by atoms with E-state index in [-0.39, 0.29) is 12.4 Å². The van der Waals surface area contributed by atoms with Crippen molar-refractivity contribution >= 4 is 18.3 Å². The summed E-state index contributed by atoms with van der Waals surface area (Å²) in [6, 6.07) is 0.447. The van der Waals surface area contributed by atoms with Crippen LogP contribution in [0.2, 0.25) is 0 Å².